The summed E-state index contributed by atoms with van der Waals surface area (Å²) in [5.41, 5.74) is 2.63. The second-order valence-electron chi connectivity index (χ2n) is 12.3. The number of hydrogen-bond acceptors (Lipinski definition) is 4. The van der Waals surface area contributed by atoms with Gasteiger partial charge in [0.2, 0.25) is 0 Å². The number of phenols is 1. The van der Waals surface area contributed by atoms with E-state index in [2.05, 4.69) is 67.5 Å². The van der Waals surface area contributed by atoms with Gasteiger partial charge in [-0.25, -0.2) is 0 Å². The van der Waals surface area contributed by atoms with Crippen LogP contribution in [-0.4, -0.2) is 28.3 Å². The third-order valence-corrected chi connectivity index (χ3v) is 6.39. The van der Waals surface area contributed by atoms with E-state index in [1.807, 2.05) is 6.92 Å². The third-order valence-electron chi connectivity index (χ3n) is 6.39. The van der Waals surface area contributed by atoms with E-state index in [9.17, 15) is 14.7 Å². The van der Waals surface area contributed by atoms with Gasteiger partial charge < -0.3 is 14.9 Å². The molecule has 0 saturated heterocycles. The number of benzene rings is 1. The number of aromatic hydroxyl groups is 1. The average Bonchev–Trinajstić information content (AvgIpc) is 2.65. The molecule has 0 spiro atoms. The molecule has 0 aromatic heterocycles. The molecule has 0 aliphatic heterocycles. The first kappa shape index (κ1) is 30.0. The number of phenolic OH excluding ortho intramolecular Hbond substituents is 1. The van der Waals surface area contributed by atoms with Crippen LogP contribution in [0.25, 0.3) is 0 Å². The van der Waals surface area contributed by atoms with Gasteiger partial charge in [0, 0.05) is 12.8 Å². The number of carbonyl (C=O) groups excluding carboxylic acids is 1. The molecule has 2 N–H and O–H groups in total. The fraction of sp³-hybridized carbons (Fsp3) is 0.724. The zero-order chi connectivity index (χ0) is 26.3. The molecule has 0 aliphatic rings. The van der Waals surface area contributed by atoms with E-state index in [-0.39, 0.29) is 41.7 Å². The minimum Gasteiger partial charge on any atom is -0.507 e. The molecule has 0 aliphatic carbocycles. The topological polar surface area (TPSA) is 83.8 Å². The summed E-state index contributed by atoms with van der Waals surface area (Å²) in [6.45, 7) is 19.0. The van der Waals surface area contributed by atoms with E-state index in [0.29, 0.717) is 18.1 Å². The van der Waals surface area contributed by atoms with Gasteiger partial charge in [0.1, 0.15) is 11.9 Å². The smallest absolute Gasteiger partial charge is 0.306 e. The van der Waals surface area contributed by atoms with Crippen LogP contribution in [0, 0.1) is 11.8 Å². The Morgan fingerprint density at radius 1 is 0.882 bits per heavy atom. The van der Waals surface area contributed by atoms with Crippen LogP contribution in [0.4, 0.5) is 0 Å². The van der Waals surface area contributed by atoms with Gasteiger partial charge in [-0.2, -0.15) is 0 Å². The summed E-state index contributed by atoms with van der Waals surface area (Å²) < 4.78 is 5.76. The Balaban J connectivity index is 3.18. The molecular weight excluding hydrogens is 428 g/mol. The van der Waals surface area contributed by atoms with Crippen molar-refractivity contribution in [3.63, 3.8) is 0 Å². The predicted molar refractivity (Wildman–Crippen MR) is 138 cm³/mol. The maximum Gasteiger partial charge on any atom is 0.306 e. The molecule has 194 valence electrons. The number of carbonyl (C=O) groups is 2. The highest BCUT2D eigenvalue weighted by Gasteiger charge is 2.28. The largest absolute Gasteiger partial charge is 0.507 e. The fourth-order valence-electron chi connectivity index (χ4n) is 4.30. The highest BCUT2D eigenvalue weighted by molar-refractivity contribution is 5.71. The van der Waals surface area contributed by atoms with Crippen molar-refractivity contribution >= 4 is 11.9 Å². The molecule has 5 nitrogen and oxygen atoms in total. The quantitative estimate of drug-likeness (QED) is 0.313. The number of rotatable bonds is 12. The van der Waals surface area contributed by atoms with Gasteiger partial charge >= 0.3 is 11.9 Å². The van der Waals surface area contributed by atoms with Crippen molar-refractivity contribution < 1.29 is 24.5 Å². The van der Waals surface area contributed by atoms with Crippen molar-refractivity contribution in [2.75, 3.05) is 0 Å². The highest BCUT2D eigenvalue weighted by atomic mass is 16.5. The number of ether oxygens (including phenoxy) is 1. The molecular formula is C29H48O5. The molecule has 5 heteroatoms. The van der Waals surface area contributed by atoms with Crippen molar-refractivity contribution in [1.29, 1.82) is 0 Å². The van der Waals surface area contributed by atoms with Gasteiger partial charge in [-0.3, -0.25) is 9.59 Å². The molecule has 0 bridgehead atoms. The first-order chi connectivity index (χ1) is 15.5. The maximum absolute atomic E-state index is 12.3. The summed E-state index contributed by atoms with van der Waals surface area (Å²) in [5, 5.41) is 19.9. The molecule has 0 heterocycles. The molecule has 0 amide bonds. The summed E-state index contributed by atoms with van der Waals surface area (Å²) in [5.74, 6) is -0.100. The van der Waals surface area contributed by atoms with Crippen LogP contribution in [0.1, 0.15) is 118 Å². The van der Waals surface area contributed by atoms with Gasteiger partial charge in [0.05, 0.1) is 0 Å². The van der Waals surface area contributed by atoms with Crippen LogP contribution in [0.3, 0.4) is 0 Å². The monoisotopic (exact) mass is 476 g/mol. The number of hydrogen-bond donors (Lipinski definition) is 2. The van der Waals surface area contributed by atoms with Gasteiger partial charge in [-0.05, 0) is 65.5 Å². The lowest BCUT2D eigenvalue weighted by molar-refractivity contribution is -0.151. The molecule has 1 aromatic carbocycles. The van der Waals surface area contributed by atoms with Gasteiger partial charge in [0.25, 0.3) is 0 Å². The molecule has 1 rings (SSSR count). The van der Waals surface area contributed by atoms with Crippen molar-refractivity contribution in [2.45, 2.75) is 124 Å². The molecule has 0 radical (unpaired) electrons. The van der Waals surface area contributed by atoms with Crippen molar-refractivity contribution in [1.82, 2.24) is 0 Å². The van der Waals surface area contributed by atoms with E-state index in [0.717, 1.165) is 42.4 Å². The van der Waals surface area contributed by atoms with Crippen LogP contribution in [0.5, 0.6) is 5.75 Å². The third kappa shape index (κ3) is 10.1. The second kappa shape index (κ2) is 12.6. The Hall–Kier alpha value is -2.04. The Labute approximate surface area is 207 Å². The lowest BCUT2D eigenvalue weighted by Gasteiger charge is -2.30. The zero-order valence-corrected chi connectivity index (χ0v) is 23.0. The van der Waals surface area contributed by atoms with E-state index < -0.39 is 5.97 Å². The summed E-state index contributed by atoms with van der Waals surface area (Å²) in [6, 6.07) is 4.23. The summed E-state index contributed by atoms with van der Waals surface area (Å²) >= 11 is 0. The van der Waals surface area contributed by atoms with E-state index >= 15 is 0 Å². The lowest BCUT2D eigenvalue weighted by atomic mass is 9.77. The fourth-order valence-corrected chi connectivity index (χ4v) is 4.30. The molecule has 2 atom stereocenters. The summed E-state index contributed by atoms with van der Waals surface area (Å²) in [7, 11) is 0. The number of esters is 1. The SMILES string of the molecule is CC(C)CCCC(Cc1cc(C(C)(C)C)c(O)c(C(C)(C)C)c1)C(C)OC(=O)CCCC(=O)O. The van der Waals surface area contributed by atoms with Crippen LogP contribution < -0.4 is 0 Å². The Bertz CT molecular complexity index is 776. The van der Waals surface area contributed by atoms with Crippen LogP contribution >= 0.6 is 0 Å². The minimum atomic E-state index is -0.899. The second-order valence-corrected chi connectivity index (χ2v) is 12.3. The van der Waals surface area contributed by atoms with E-state index in [4.69, 9.17) is 9.84 Å². The van der Waals surface area contributed by atoms with Crippen molar-refractivity contribution in [3.8, 4) is 5.75 Å². The molecule has 0 saturated carbocycles. The highest BCUT2D eigenvalue weighted by Crippen LogP contribution is 2.40. The number of carboxylic acids is 1. The predicted octanol–water partition coefficient (Wildman–Crippen LogP) is 7.16. The van der Waals surface area contributed by atoms with E-state index in [1.54, 1.807) is 0 Å². The molecule has 0 fully saturated rings. The standard InChI is InChI=1S/C29H48O5/c1-19(2)12-10-13-22(20(3)34-26(32)15-11-14-25(30)31)16-21-17-23(28(4,5)6)27(33)24(18-21)29(7,8)9/h17-20,22,33H,10-16H2,1-9H3,(H,30,31). The zero-order valence-electron chi connectivity index (χ0n) is 23.0. The van der Waals surface area contributed by atoms with Crippen LogP contribution in [-0.2, 0) is 31.6 Å². The molecule has 2 unspecified atom stereocenters. The Morgan fingerprint density at radius 2 is 1.41 bits per heavy atom. The van der Waals surface area contributed by atoms with Crippen LogP contribution in [0.2, 0.25) is 0 Å². The van der Waals surface area contributed by atoms with Gasteiger partial charge in [-0.15, -0.1) is 0 Å². The van der Waals surface area contributed by atoms with Gasteiger partial charge in [-0.1, -0.05) is 80.4 Å². The average molecular weight is 477 g/mol. The molecule has 1 aromatic rings. The summed E-state index contributed by atoms with van der Waals surface area (Å²) in [6.07, 6.45) is 3.99. The van der Waals surface area contributed by atoms with Crippen molar-refractivity contribution in [2.24, 2.45) is 11.8 Å². The van der Waals surface area contributed by atoms with E-state index in [1.165, 1.54) is 0 Å². The number of aliphatic carboxylic acids is 1. The first-order valence-corrected chi connectivity index (χ1v) is 12.8. The Morgan fingerprint density at radius 3 is 1.85 bits per heavy atom. The maximum atomic E-state index is 12.3. The van der Waals surface area contributed by atoms with Gasteiger partial charge in [0.15, 0.2) is 0 Å². The molecule has 34 heavy (non-hydrogen) atoms. The lowest BCUT2D eigenvalue weighted by Crippen LogP contribution is -2.27. The summed E-state index contributed by atoms with van der Waals surface area (Å²) in [4.78, 5) is 23.1. The first-order valence-electron chi connectivity index (χ1n) is 12.8. The number of carboxylic acid groups (broad SMARTS) is 1. The Kier molecular flexibility index (Phi) is 11.1. The van der Waals surface area contributed by atoms with Crippen molar-refractivity contribution in [3.05, 3.63) is 28.8 Å². The minimum absolute atomic E-state index is 0.0278. The van der Waals surface area contributed by atoms with Crippen LogP contribution in [0.15, 0.2) is 12.1 Å². The normalized spacial score (nSPS) is 14.2.